The van der Waals surface area contributed by atoms with Gasteiger partial charge >= 0.3 is 0 Å². The normalized spacial score (nSPS) is 11.0. The van der Waals surface area contributed by atoms with Gasteiger partial charge in [0, 0.05) is 19.6 Å². The van der Waals surface area contributed by atoms with Gasteiger partial charge in [-0.3, -0.25) is 4.90 Å². The molecule has 12 heavy (non-hydrogen) atoms. The molecule has 0 unspecified atom stereocenters. The molecule has 4 nitrogen and oxygen atoms in total. The van der Waals surface area contributed by atoms with E-state index < -0.39 is 0 Å². The Morgan fingerprint density at radius 2 is 1.75 bits per heavy atom. The second-order valence-electron chi connectivity index (χ2n) is 2.40. The molecule has 0 atom stereocenters. The molecule has 0 aromatic rings. The maximum absolute atomic E-state index is 8.65. The molecule has 0 rings (SSSR count). The zero-order chi connectivity index (χ0) is 9.23. The number of aliphatic hydroxyl groups excluding tert-OH is 2. The third-order valence-electron chi connectivity index (χ3n) is 1.52. The number of ether oxygens (including phenoxy) is 1. The summed E-state index contributed by atoms with van der Waals surface area (Å²) in [7, 11) is 0. The second kappa shape index (κ2) is 8.93. The largest absolute Gasteiger partial charge is 0.395 e. The van der Waals surface area contributed by atoms with Crippen LogP contribution in [0, 0.1) is 6.61 Å². The molecule has 0 bridgehead atoms. The highest BCUT2D eigenvalue weighted by atomic mass is 16.5. The first kappa shape index (κ1) is 11.8. The molecule has 0 aliphatic rings. The van der Waals surface area contributed by atoms with Crippen molar-refractivity contribution in [3.05, 3.63) is 6.61 Å². The summed E-state index contributed by atoms with van der Waals surface area (Å²) >= 11 is 0. The van der Waals surface area contributed by atoms with Crippen LogP contribution in [0.15, 0.2) is 0 Å². The first-order valence-corrected chi connectivity index (χ1v) is 4.18. The monoisotopic (exact) mass is 176 g/mol. The van der Waals surface area contributed by atoms with Crippen LogP contribution in [0.1, 0.15) is 6.92 Å². The molecule has 0 aromatic heterocycles. The first-order valence-electron chi connectivity index (χ1n) is 4.18. The summed E-state index contributed by atoms with van der Waals surface area (Å²) in [6, 6.07) is 0. The van der Waals surface area contributed by atoms with E-state index in [4.69, 9.17) is 14.9 Å². The fraction of sp³-hybridized carbons (Fsp3) is 0.875. The SMILES string of the molecule is C[CH]OCCN(CCO)CCO. The Morgan fingerprint density at radius 3 is 2.17 bits per heavy atom. The van der Waals surface area contributed by atoms with Crippen LogP contribution in [0.2, 0.25) is 0 Å². The second-order valence-corrected chi connectivity index (χ2v) is 2.40. The molecule has 0 spiro atoms. The van der Waals surface area contributed by atoms with Gasteiger partial charge in [0.2, 0.25) is 0 Å². The lowest BCUT2D eigenvalue weighted by atomic mass is 10.4. The van der Waals surface area contributed by atoms with Gasteiger partial charge in [0.15, 0.2) is 0 Å². The third kappa shape index (κ3) is 6.54. The van der Waals surface area contributed by atoms with Crippen LogP contribution in [0.5, 0.6) is 0 Å². The van der Waals surface area contributed by atoms with Crippen molar-refractivity contribution < 1.29 is 14.9 Å². The summed E-state index contributed by atoms with van der Waals surface area (Å²) in [5.74, 6) is 0. The van der Waals surface area contributed by atoms with E-state index >= 15 is 0 Å². The number of hydrogen-bond acceptors (Lipinski definition) is 4. The van der Waals surface area contributed by atoms with E-state index in [0.717, 1.165) is 6.54 Å². The summed E-state index contributed by atoms with van der Waals surface area (Å²) < 4.78 is 5.03. The van der Waals surface area contributed by atoms with Gasteiger partial charge in [-0.05, 0) is 6.92 Å². The summed E-state index contributed by atoms with van der Waals surface area (Å²) in [4.78, 5) is 1.95. The molecule has 0 fully saturated rings. The highest BCUT2D eigenvalue weighted by Crippen LogP contribution is 1.88. The van der Waals surface area contributed by atoms with E-state index in [2.05, 4.69) is 0 Å². The standard InChI is InChI=1S/C8H18NO3/c1-2-12-8-5-9(3-6-10)4-7-11/h2,10-11H,3-8H2,1H3. The predicted molar refractivity (Wildman–Crippen MR) is 46.5 cm³/mol. The molecule has 0 heterocycles. The van der Waals surface area contributed by atoms with Crippen LogP contribution >= 0.6 is 0 Å². The highest BCUT2D eigenvalue weighted by Gasteiger charge is 2.01. The van der Waals surface area contributed by atoms with Crippen molar-refractivity contribution >= 4 is 0 Å². The molecule has 0 aliphatic carbocycles. The Balaban J connectivity index is 3.34. The van der Waals surface area contributed by atoms with Gasteiger partial charge < -0.3 is 14.9 Å². The zero-order valence-electron chi connectivity index (χ0n) is 7.57. The molecule has 73 valence electrons. The van der Waals surface area contributed by atoms with Crippen molar-refractivity contribution in [2.24, 2.45) is 0 Å². The minimum Gasteiger partial charge on any atom is -0.395 e. The van der Waals surface area contributed by atoms with Crippen molar-refractivity contribution in [2.45, 2.75) is 6.92 Å². The molecular formula is C8H18NO3. The van der Waals surface area contributed by atoms with Crippen LogP contribution in [0.4, 0.5) is 0 Å². The fourth-order valence-electron chi connectivity index (χ4n) is 0.918. The van der Waals surface area contributed by atoms with E-state index in [1.165, 1.54) is 0 Å². The van der Waals surface area contributed by atoms with Crippen LogP contribution in [0.3, 0.4) is 0 Å². The van der Waals surface area contributed by atoms with Gasteiger partial charge in [-0.15, -0.1) is 0 Å². The van der Waals surface area contributed by atoms with Gasteiger partial charge in [0.05, 0.1) is 26.4 Å². The average Bonchev–Trinajstić information content (AvgIpc) is 2.06. The summed E-state index contributed by atoms with van der Waals surface area (Å²) in [6.45, 7) is 6.23. The van der Waals surface area contributed by atoms with Gasteiger partial charge in [-0.25, -0.2) is 0 Å². The van der Waals surface area contributed by atoms with Crippen molar-refractivity contribution in [2.75, 3.05) is 39.5 Å². The smallest absolute Gasteiger partial charge is 0.0806 e. The Labute approximate surface area is 73.8 Å². The van der Waals surface area contributed by atoms with E-state index in [0.29, 0.717) is 19.7 Å². The van der Waals surface area contributed by atoms with Crippen LogP contribution in [0.25, 0.3) is 0 Å². The first-order chi connectivity index (χ1) is 5.85. The molecule has 4 heteroatoms. The number of nitrogens with zero attached hydrogens (tertiary/aromatic N) is 1. The zero-order valence-corrected chi connectivity index (χ0v) is 7.57. The van der Waals surface area contributed by atoms with Crippen molar-refractivity contribution in [3.63, 3.8) is 0 Å². The molecule has 0 saturated carbocycles. The Hall–Kier alpha value is -0.160. The van der Waals surface area contributed by atoms with Gasteiger partial charge in [-0.1, -0.05) is 0 Å². The number of rotatable bonds is 8. The highest BCUT2D eigenvalue weighted by molar-refractivity contribution is 4.55. The lowest BCUT2D eigenvalue weighted by molar-refractivity contribution is 0.117. The lowest BCUT2D eigenvalue weighted by Gasteiger charge is -2.19. The molecule has 0 aliphatic heterocycles. The Morgan fingerprint density at radius 1 is 1.17 bits per heavy atom. The summed E-state index contributed by atoms with van der Waals surface area (Å²) in [5.41, 5.74) is 0. The van der Waals surface area contributed by atoms with Gasteiger partial charge in [-0.2, -0.15) is 0 Å². The van der Waals surface area contributed by atoms with Gasteiger partial charge in [0.25, 0.3) is 0 Å². The molecule has 1 radical (unpaired) electrons. The molecule has 0 amide bonds. The van der Waals surface area contributed by atoms with Crippen LogP contribution in [-0.2, 0) is 4.74 Å². The molecular weight excluding hydrogens is 158 g/mol. The van der Waals surface area contributed by atoms with E-state index in [9.17, 15) is 0 Å². The van der Waals surface area contributed by atoms with Crippen molar-refractivity contribution in [1.29, 1.82) is 0 Å². The maximum Gasteiger partial charge on any atom is 0.0806 e. The minimum absolute atomic E-state index is 0.121. The molecule has 0 aromatic carbocycles. The molecule has 2 N–H and O–H groups in total. The van der Waals surface area contributed by atoms with Gasteiger partial charge in [0.1, 0.15) is 0 Å². The lowest BCUT2D eigenvalue weighted by Crippen LogP contribution is -2.32. The summed E-state index contributed by atoms with van der Waals surface area (Å²) in [5, 5.41) is 17.3. The van der Waals surface area contributed by atoms with Crippen molar-refractivity contribution in [3.8, 4) is 0 Å². The Kier molecular flexibility index (Phi) is 8.81. The van der Waals surface area contributed by atoms with E-state index in [1.807, 2.05) is 11.8 Å². The fourth-order valence-corrected chi connectivity index (χ4v) is 0.918. The number of aliphatic hydroxyl groups is 2. The van der Waals surface area contributed by atoms with E-state index in [-0.39, 0.29) is 13.2 Å². The Bertz CT molecular complexity index is 84.4. The van der Waals surface area contributed by atoms with Crippen LogP contribution in [-0.4, -0.2) is 54.6 Å². The van der Waals surface area contributed by atoms with Crippen molar-refractivity contribution in [1.82, 2.24) is 4.90 Å². The maximum atomic E-state index is 8.65. The quantitative estimate of drug-likeness (QED) is 0.488. The topological polar surface area (TPSA) is 52.9 Å². The van der Waals surface area contributed by atoms with E-state index in [1.54, 1.807) is 6.61 Å². The number of hydrogen-bond donors (Lipinski definition) is 2. The predicted octanol–water partition coefficient (Wildman–Crippen LogP) is -0.529. The summed E-state index contributed by atoms with van der Waals surface area (Å²) in [6.07, 6.45) is 0. The third-order valence-corrected chi connectivity index (χ3v) is 1.52. The average molecular weight is 176 g/mol. The molecule has 0 saturated heterocycles. The minimum atomic E-state index is 0.121. The van der Waals surface area contributed by atoms with Crippen LogP contribution < -0.4 is 0 Å².